The quantitative estimate of drug-likeness (QED) is 0.555. The summed E-state index contributed by atoms with van der Waals surface area (Å²) in [5.74, 6) is 0.188. The molecule has 3 aromatic rings. The predicted octanol–water partition coefficient (Wildman–Crippen LogP) is 1.96. The third kappa shape index (κ3) is 2.34. The van der Waals surface area contributed by atoms with Crippen molar-refractivity contribution in [1.29, 1.82) is 0 Å². The Balaban J connectivity index is 2.21. The molecule has 2 aromatic carbocycles. The molecule has 0 amide bonds. The molecule has 0 atom stereocenters. The van der Waals surface area contributed by atoms with Crippen LogP contribution in [0.25, 0.3) is 23.4 Å². The number of aromatic nitrogens is 1. The van der Waals surface area contributed by atoms with Gasteiger partial charge in [-0.1, -0.05) is 43.0 Å². The number of rotatable bonds is 2. The van der Waals surface area contributed by atoms with Crippen LogP contribution in [-0.2, 0) is 6.42 Å². The molecule has 3 heteroatoms. The fraction of sp³-hybridized carbons (Fsp3) is 0.0556. The van der Waals surface area contributed by atoms with E-state index in [1.165, 1.54) is 5.56 Å². The van der Waals surface area contributed by atoms with Crippen LogP contribution in [0.15, 0.2) is 48.8 Å². The van der Waals surface area contributed by atoms with Crippen LogP contribution in [-0.4, -0.2) is 10.1 Å². The molecular formula is C18H16N2O. The van der Waals surface area contributed by atoms with Gasteiger partial charge in [-0.25, -0.2) is 0 Å². The van der Waals surface area contributed by atoms with Gasteiger partial charge in [0.05, 0.1) is 0 Å². The molecule has 0 radical (unpaired) electrons. The molecule has 0 unspecified atom stereocenters. The minimum Gasteiger partial charge on any atom is -0.507 e. The Labute approximate surface area is 122 Å². The fourth-order valence-electron chi connectivity index (χ4n) is 2.47. The number of nitrogen functional groups attached to an aromatic ring is 1. The summed E-state index contributed by atoms with van der Waals surface area (Å²) in [7, 11) is 0. The first-order valence-electron chi connectivity index (χ1n) is 6.75. The van der Waals surface area contributed by atoms with Crippen molar-refractivity contribution in [1.82, 2.24) is 4.98 Å². The lowest BCUT2D eigenvalue weighted by atomic mass is 10.0. The van der Waals surface area contributed by atoms with E-state index >= 15 is 0 Å². The van der Waals surface area contributed by atoms with Crippen molar-refractivity contribution in [2.24, 2.45) is 0 Å². The molecule has 0 bridgehead atoms. The van der Waals surface area contributed by atoms with Crippen molar-refractivity contribution >= 4 is 29.1 Å². The molecule has 0 aliphatic heterocycles. The molecule has 21 heavy (non-hydrogen) atoms. The number of hydrogen-bond donors (Lipinski definition) is 2. The Morgan fingerprint density at radius 1 is 1.14 bits per heavy atom. The monoisotopic (exact) mass is 276 g/mol. The zero-order valence-electron chi connectivity index (χ0n) is 11.6. The summed E-state index contributed by atoms with van der Waals surface area (Å²) in [6.07, 6.45) is 5.95. The van der Waals surface area contributed by atoms with Crippen molar-refractivity contribution in [3.63, 3.8) is 0 Å². The molecule has 0 saturated carbocycles. The van der Waals surface area contributed by atoms with E-state index < -0.39 is 0 Å². The highest BCUT2D eigenvalue weighted by atomic mass is 16.3. The van der Waals surface area contributed by atoms with Gasteiger partial charge in [-0.15, -0.1) is 0 Å². The summed E-state index contributed by atoms with van der Waals surface area (Å²) in [6.45, 7) is 4.01. The van der Waals surface area contributed by atoms with Crippen LogP contribution in [0.5, 0.6) is 5.75 Å². The zero-order valence-corrected chi connectivity index (χ0v) is 11.6. The number of nitrogens with two attached hydrogens (primary N) is 1. The van der Waals surface area contributed by atoms with E-state index in [9.17, 15) is 5.11 Å². The highest BCUT2D eigenvalue weighted by Gasteiger charge is 2.07. The van der Waals surface area contributed by atoms with Crippen LogP contribution in [0.3, 0.4) is 0 Å². The summed E-state index contributed by atoms with van der Waals surface area (Å²) in [4.78, 5) is 4.05. The van der Waals surface area contributed by atoms with Crippen molar-refractivity contribution in [2.45, 2.75) is 6.42 Å². The minimum atomic E-state index is 0.188. The fourth-order valence-corrected chi connectivity index (χ4v) is 2.47. The summed E-state index contributed by atoms with van der Waals surface area (Å²) in [6, 6.07) is 11.8. The Hall–Kier alpha value is -2.81. The van der Waals surface area contributed by atoms with Crippen LogP contribution in [0.1, 0.15) is 5.56 Å². The van der Waals surface area contributed by atoms with Crippen LogP contribution in [0, 0.1) is 0 Å². The molecule has 3 nitrogen and oxygen atoms in total. The maximum atomic E-state index is 10.5. The van der Waals surface area contributed by atoms with E-state index in [-0.39, 0.29) is 5.75 Å². The molecular weight excluding hydrogens is 260 g/mol. The molecule has 1 aromatic heterocycles. The second-order valence-electron chi connectivity index (χ2n) is 4.97. The van der Waals surface area contributed by atoms with E-state index in [4.69, 9.17) is 5.73 Å². The molecule has 0 saturated heterocycles. The SMILES string of the molecule is C=c1c(N)c2ccncc2c(O)/c1=C/Cc1ccccc1. The van der Waals surface area contributed by atoms with Gasteiger partial charge in [0.1, 0.15) is 5.75 Å². The van der Waals surface area contributed by atoms with Crippen molar-refractivity contribution in [2.75, 3.05) is 5.73 Å². The number of pyridine rings is 1. The Bertz CT molecular complexity index is 902. The lowest BCUT2D eigenvalue weighted by molar-refractivity contribution is 0.476. The Kier molecular flexibility index (Phi) is 3.32. The number of nitrogens with zero attached hydrogens (tertiary/aromatic N) is 1. The predicted molar refractivity (Wildman–Crippen MR) is 87.2 cm³/mol. The molecule has 0 fully saturated rings. The number of hydrogen-bond acceptors (Lipinski definition) is 3. The molecule has 104 valence electrons. The van der Waals surface area contributed by atoms with Crippen LogP contribution < -0.4 is 16.2 Å². The van der Waals surface area contributed by atoms with Crippen molar-refractivity contribution in [3.8, 4) is 5.75 Å². The van der Waals surface area contributed by atoms with E-state index in [1.54, 1.807) is 18.5 Å². The second-order valence-corrected chi connectivity index (χ2v) is 4.97. The van der Waals surface area contributed by atoms with Gasteiger partial charge in [0.2, 0.25) is 0 Å². The third-order valence-corrected chi connectivity index (χ3v) is 3.66. The van der Waals surface area contributed by atoms with Crippen LogP contribution in [0.2, 0.25) is 0 Å². The van der Waals surface area contributed by atoms with Gasteiger partial charge in [-0.3, -0.25) is 4.98 Å². The smallest absolute Gasteiger partial charge is 0.132 e. The number of anilines is 1. The maximum absolute atomic E-state index is 10.5. The summed E-state index contributed by atoms with van der Waals surface area (Å²) in [5, 5.41) is 13.2. The normalized spacial score (nSPS) is 11.9. The first kappa shape index (κ1) is 13.2. The van der Waals surface area contributed by atoms with Gasteiger partial charge in [0.15, 0.2) is 0 Å². The van der Waals surface area contributed by atoms with Crippen LogP contribution >= 0.6 is 0 Å². The summed E-state index contributed by atoms with van der Waals surface area (Å²) in [5.41, 5.74) is 7.89. The van der Waals surface area contributed by atoms with E-state index in [0.717, 1.165) is 5.39 Å². The Morgan fingerprint density at radius 3 is 2.67 bits per heavy atom. The minimum absolute atomic E-state index is 0.188. The topological polar surface area (TPSA) is 59.1 Å². The lowest BCUT2D eigenvalue weighted by Gasteiger charge is -2.06. The van der Waals surface area contributed by atoms with Gasteiger partial charge in [0, 0.05) is 39.3 Å². The highest BCUT2D eigenvalue weighted by molar-refractivity contribution is 5.96. The van der Waals surface area contributed by atoms with E-state index in [0.29, 0.717) is 27.9 Å². The molecule has 0 spiro atoms. The maximum Gasteiger partial charge on any atom is 0.132 e. The van der Waals surface area contributed by atoms with Gasteiger partial charge < -0.3 is 10.8 Å². The number of fused-ring (bicyclic) bond motifs is 1. The largest absolute Gasteiger partial charge is 0.507 e. The van der Waals surface area contributed by atoms with E-state index in [2.05, 4.69) is 11.6 Å². The molecule has 0 aliphatic rings. The van der Waals surface area contributed by atoms with E-state index in [1.807, 2.05) is 36.4 Å². The van der Waals surface area contributed by atoms with Crippen molar-refractivity contribution in [3.05, 3.63) is 64.8 Å². The summed E-state index contributed by atoms with van der Waals surface area (Å²) < 4.78 is 0. The second kappa shape index (κ2) is 5.29. The van der Waals surface area contributed by atoms with Crippen LogP contribution in [0.4, 0.5) is 5.69 Å². The number of aromatic hydroxyl groups is 1. The van der Waals surface area contributed by atoms with Gasteiger partial charge in [-0.05, 0) is 18.1 Å². The summed E-state index contributed by atoms with van der Waals surface area (Å²) >= 11 is 0. The lowest BCUT2D eigenvalue weighted by Crippen LogP contribution is -2.27. The third-order valence-electron chi connectivity index (χ3n) is 3.66. The van der Waals surface area contributed by atoms with Gasteiger partial charge in [-0.2, -0.15) is 0 Å². The number of phenolic OH excluding ortho intramolecular Hbond substituents is 1. The average molecular weight is 276 g/mol. The highest BCUT2D eigenvalue weighted by Crippen LogP contribution is 2.22. The number of benzene rings is 2. The molecule has 3 N–H and O–H groups in total. The Morgan fingerprint density at radius 2 is 1.90 bits per heavy atom. The number of phenols is 1. The van der Waals surface area contributed by atoms with Gasteiger partial charge in [0.25, 0.3) is 0 Å². The molecule has 0 aliphatic carbocycles. The average Bonchev–Trinajstić information content (AvgIpc) is 2.54. The molecule has 3 rings (SSSR count). The zero-order chi connectivity index (χ0) is 14.8. The van der Waals surface area contributed by atoms with Crippen molar-refractivity contribution < 1.29 is 5.11 Å². The molecule has 1 heterocycles. The first-order valence-corrected chi connectivity index (χ1v) is 6.75. The standard InChI is InChI=1S/C18H16N2O/c1-12-14(8-7-13-5-3-2-4-6-13)18(21)16-11-20-10-9-15(16)17(12)19/h2-6,8-11,21H,1,7,19H2/b14-8+. The first-order chi connectivity index (χ1) is 10.2. The van der Waals surface area contributed by atoms with Gasteiger partial charge >= 0.3 is 0 Å².